The van der Waals surface area contributed by atoms with E-state index in [9.17, 15) is 70.5 Å². The number of nitrogen functional groups attached to an aromatic ring is 1. The highest BCUT2D eigenvalue weighted by Crippen LogP contribution is 2.63. The molecule has 6 fully saturated rings. The van der Waals surface area contributed by atoms with Gasteiger partial charge in [0.15, 0.2) is 11.5 Å². The lowest BCUT2D eigenvalue weighted by Gasteiger charge is -2.32. The SMILES string of the molecule is COP(=O)(S)OC1C[C@H](N2C=C(C)C(N)NC2=O)O[C@@H]1COP(=O)(S)OC1C[C@H](n2cc(C)c(=O)[nH]c2=O)O[C@@H]1COP(=O)(S)OC1C[C@H](n2cnc3c(N)ncnc32)O[C@@H]1COP(=O)(S)OC1C[C@H](n2cc(C)c(=O)[nH]c2=O)O[C@@H]1COP(=O)(S)OC1C[C@H](n2cc(C)c(=O)[nH]c2=O)O[C@@H]1COP(=O)(S)OC1C[C@H](n2cc(C)c(=O)[nH]c2=O)O[C@@H]1C. The van der Waals surface area contributed by atoms with Gasteiger partial charge in [0, 0.05) is 98.9 Å². The highest BCUT2D eigenvalue weighted by molar-refractivity contribution is 8.46. The van der Waals surface area contributed by atoms with E-state index in [2.05, 4.69) is 114 Å². The van der Waals surface area contributed by atoms with Gasteiger partial charge in [0.2, 0.25) is 0 Å². The van der Waals surface area contributed by atoms with Gasteiger partial charge in [-0.05, 0) is 47.1 Å². The summed E-state index contributed by atoms with van der Waals surface area (Å²) >= 11 is 25.4. The van der Waals surface area contributed by atoms with Crippen molar-refractivity contribution in [1.29, 1.82) is 0 Å². The third-order valence-electron chi connectivity index (χ3n) is 20.3. The Balaban J connectivity index is 0.704. The molecule has 0 spiro atoms. The van der Waals surface area contributed by atoms with Crippen LogP contribution in [0.1, 0.15) is 106 Å². The van der Waals surface area contributed by atoms with Crippen molar-refractivity contribution in [2.45, 2.75) is 197 Å². The van der Waals surface area contributed by atoms with E-state index in [1.54, 1.807) is 13.8 Å². The predicted octanol–water partition coefficient (Wildman–Crippen LogP) is 4.90. The van der Waals surface area contributed by atoms with Crippen molar-refractivity contribution in [3.05, 3.63) is 155 Å². The minimum absolute atomic E-state index is 0.0237. The van der Waals surface area contributed by atoms with Gasteiger partial charge < -0.3 is 49.7 Å². The Morgan fingerprint density at radius 3 is 1.07 bits per heavy atom. The smallest absolute Gasteiger partial charge is 0.382 e. The number of imidazole rings is 1. The fourth-order valence-corrected chi connectivity index (χ4v) is 22.7. The number of carbonyl (C=O) groups excluding carboxylic acids is 1. The summed E-state index contributed by atoms with van der Waals surface area (Å²) in [4.78, 5) is 138. The zero-order chi connectivity index (χ0) is 88.4. The van der Waals surface area contributed by atoms with Crippen LogP contribution < -0.4 is 61.8 Å². The van der Waals surface area contributed by atoms with Crippen LogP contribution in [-0.4, -0.2) is 194 Å². The number of nitrogens with zero attached hydrogens (tertiary/aromatic N) is 9. The maximum atomic E-state index is 14.9. The number of aryl methyl sites for hydroxylation is 4. The predicted molar refractivity (Wildman–Crippen MR) is 443 cm³/mol. The highest BCUT2D eigenvalue weighted by Gasteiger charge is 2.52. The van der Waals surface area contributed by atoms with E-state index >= 15 is 0 Å². The van der Waals surface area contributed by atoms with Crippen molar-refractivity contribution >= 4 is 137 Å². The van der Waals surface area contributed by atoms with Crippen molar-refractivity contribution in [3.63, 3.8) is 0 Å². The van der Waals surface area contributed by atoms with Crippen molar-refractivity contribution in [2.24, 2.45) is 5.73 Å². The maximum Gasteiger partial charge on any atom is 0.386 e. The van der Waals surface area contributed by atoms with E-state index in [0.29, 0.717) is 5.57 Å². The van der Waals surface area contributed by atoms with E-state index in [1.807, 2.05) is 0 Å². The molecule has 7 aliphatic rings. The molecule has 13 unspecified atom stereocenters. The molecule has 6 aromatic heterocycles. The maximum absolute atomic E-state index is 14.9. The molecular weight excluding hydrogens is 1860 g/mol. The largest absolute Gasteiger partial charge is 0.386 e. The Morgan fingerprint density at radius 2 is 0.721 bits per heavy atom. The summed E-state index contributed by atoms with van der Waals surface area (Å²) in [5.41, 5.74) is 6.91. The van der Waals surface area contributed by atoms with Crippen LogP contribution in [0.4, 0.5) is 10.6 Å². The number of thiol groups is 6. The van der Waals surface area contributed by atoms with Gasteiger partial charge in [0.05, 0.1) is 51.6 Å². The molecule has 2 amide bonds. The first-order valence-corrected chi connectivity index (χ1v) is 52.9. The number of rotatable bonds is 34. The van der Waals surface area contributed by atoms with Crippen LogP contribution in [0.15, 0.2) is 87.6 Å². The molecular formula is C61H84N16O33P6S6. The molecule has 9 N–H and O–H groups in total. The molecule has 0 aliphatic carbocycles. The number of aromatic nitrogens is 12. The summed E-state index contributed by atoms with van der Waals surface area (Å²) in [5.74, 6) is -0.0237. The molecule has 0 bridgehead atoms. The van der Waals surface area contributed by atoms with Crippen molar-refractivity contribution in [2.75, 3.05) is 45.9 Å². The quantitative estimate of drug-likeness (QED) is 0.0189. The van der Waals surface area contributed by atoms with Gasteiger partial charge in [-0.1, -0.05) is 73.5 Å². The second-order valence-electron chi connectivity index (χ2n) is 28.9. The molecule has 672 valence electrons. The Kier molecular flexibility index (Phi) is 29.3. The lowest BCUT2D eigenvalue weighted by molar-refractivity contribution is -0.0550. The second-order valence-corrected chi connectivity index (χ2v) is 46.3. The molecule has 7 aliphatic heterocycles. The first-order valence-electron chi connectivity index (χ1n) is 36.7. The molecule has 6 aromatic rings. The zero-order valence-corrected chi connectivity index (χ0v) is 75.5. The van der Waals surface area contributed by atoms with Crippen molar-refractivity contribution in [3.8, 4) is 0 Å². The van der Waals surface area contributed by atoms with Crippen LogP contribution in [-0.2, 0) is 110 Å². The van der Waals surface area contributed by atoms with E-state index < -0.39 is 248 Å². The number of H-pyrrole nitrogens is 4. The Labute approximate surface area is 719 Å². The van der Waals surface area contributed by atoms with E-state index in [-0.39, 0.29) is 71.3 Å². The first kappa shape index (κ1) is 94.4. The van der Waals surface area contributed by atoms with Crippen LogP contribution >= 0.6 is 114 Å². The monoisotopic (exact) mass is 1950 g/mol. The van der Waals surface area contributed by atoms with Gasteiger partial charge in [0.1, 0.15) is 116 Å². The number of aromatic amines is 4. The van der Waals surface area contributed by atoms with Gasteiger partial charge in [-0.2, -0.15) is 0 Å². The average molecular weight is 1950 g/mol. The lowest BCUT2D eigenvalue weighted by atomic mass is 10.1. The van der Waals surface area contributed by atoms with Gasteiger partial charge in [-0.3, -0.25) is 117 Å². The van der Waals surface area contributed by atoms with Crippen molar-refractivity contribution in [1.82, 2.24) is 67.9 Å². The van der Waals surface area contributed by atoms with Crippen LogP contribution in [0.2, 0.25) is 0 Å². The number of amides is 2. The summed E-state index contributed by atoms with van der Waals surface area (Å²) in [7, 11) is 1.08. The molecule has 61 heteroatoms. The van der Waals surface area contributed by atoms with Gasteiger partial charge >= 0.3 is 69.6 Å². The molecule has 13 rings (SSSR count). The number of fused-ring (bicyclic) bond motifs is 1. The molecule has 25 atom stereocenters. The number of ether oxygens (including phenoxy) is 6. The van der Waals surface area contributed by atoms with E-state index in [1.165, 1.54) is 68.3 Å². The second kappa shape index (κ2) is 37.8. The van der Waals surface area contributed by atoms with E-state index in [0.717, 1.165) is 37.9 Å². The summed E-state index contributed by atoms with van der Waals surface area (Å²) in [6.45, 7) is -22.7. The number of carbonyl (C=O) groups is 1. The van der Waals surface area contributed by atoms with Crippen LogP contribution in [0.25, 0.3) is 11.2 Å². The third kappa shape index (κ3) is 22.5. The van der Waals surface area contributed by atoms with Crippen molar-refractivity contribution < 1.29 is 115 Å². The molecule has 0 aromatic carbocycles. The minimum atomic E-state index is -4.85. The molecule has 49 nitrogen and oxygen atoms in total. The normalized spacial score (nSPS) is 31.1. The summed E-state index contributed by atoms with van der Waals surface area (Å²) in [6.07, 6.45) is -17.2. The lowest BCUT2D eigenvalue weighted by Crippen LogP contribution is -2.54. The van der Waals surface area contributed by atoms with Gasteiger partial charge in [-0.25, -0.2) is 66.3 Å². The first-order chi connectivity index (χ1) is 57.2. The molecule has 0 radical (unpaired) electrons. The number of nitrogens with two attached hydrogens (primary N) is 2. The molecule has 6 saturated heterocycles. The Bertz CT molecular complexity index is 5840. The fraction of sp³-hybridized carbons (Fsp3) is 0.607. The van der Waals surface area contributed by atoms with Crippen LogP contribution in [0, 0.1) is 27.7 Å². The summed E-state index contributed by atoms with van der Waals surface area (Å²) in [6, 6.07) is -0.655. The topological polar surface area (TPSA) is 616 Å². The van der Waals surface area contributed by atoms with Crippen LogP contribution in [0.5, 0.6) is 0 Å². The number of anilines is 1. The molecule has 122 heavy (non-hydrogen) atoms. The number of nitrogens with one attached hydrogen (secondary N) is 5. The summed E-state index contributed by atoms with van der Waals surface area (Å²) in [5, 5.41) is 2.57. The number of urea groups is 1. The standard InChI is InChI=1S/C61H84N16O33P6S6/c1-26-14-72(57(82)67-50(26)62)44-9-33(106-111(87,117)93-7)38(100-44)19-95-113(89,119)108-35-11-46(75-17-29(4)55(80)70-60(75)85)103-41(35)22-97-116(92,122)110-37-13-48(77-25-66-49-51(63)64-24-65-52(49)77)104-42(37)23-98-115(91,121)109-36-12-47(76-18-30(5)56(81)71-61(76)86)102-40(36)21-96-114(90,120)107-34-10-45(74-16-28(3)54(79)69-59(74)84)101-39(34)20-94-112(88,118)105-32-8-43(99-31(32)6)73-15-27(2)53(78)68-58(73)83/h14-18,24-25,31-48,50H,8-13,19-23,62H2,1-7H3,(H,67,82)(H,87,117)(H,88,118)(H,89,119)(H,90,120)(H,91,121)(H,92,122)(H2,63,64,65)(H,68,78,83)(H,69,79,84)(H,70,80,85)(H,71,81,86)/t31-,32?,33?,34?,35?,36?,37?,38-,39-,40-,41-,42-,43-,44-,45-,46-,47-,48-,50?,111?,112?,113?,114?,115?,116?/m1/s1. The Morgan fingerprint density at radius 1 is 0.426 bits per heavy atom. The average Bonchev–Trinajstić information content (AvgIpc) is 1.64. The number of hydrogen-bond donors (Lipinski definition) is 13. The number of hydrogen-bond acceptors (Lipinski definition) is 38. The third-order valence-corrected chi connectivity index (χ3v) is 30.2. The minimum Gasteiger partial charge on any atom is -0.382 e. The zero-order valence-electron chi connectivity index (χ0n) is 64.8. The van der Waals surface area contributed by atoms with Gasteiger partial charge in [-0.15, -0.1) is 0 Å². The van der Waals surface area contributed by atoms with E-state index in [4.69, 9.17) is 94.2 Å². The highest BCUT2D eigenvalue weighted by atomic mass is 32.7. The summed E-state index contributed by atoms with van der Waals surface area (Å²) < 4.78 is 198. The molecule has 13 heterocycles. The van der Waals surface area contributed by atoms with Gasteiger partial charge in [0.25, 0.3) is 22.2 Å². The fourth-order valence-electron chi connectivity index (χ4n) is 14.0. The van der Waals surface area contributed by atoms with Crippen LogP contribution in [0.3, 0.4) is 0 Å². The Hall–Kier alpha value is -5.20. The molecule has 0 saturated carbocycles.